The molecule has 0 fully saturated rings. The zero-order chi connectivity index (χ0) is 21.5. The largest absolute Gasteiger partial charge is 0.497 e. The van der Waals surface area contributed by atoms with Gasteiger partial charge < -0.3 is 13.9 Å². The number of nitrogens with zero attached hydrogens (tertiary/aromatic N) is 2. The number of nitrogens with one attached hydrogen (secondary N) is 1. The van der Waals surface area contributed by atoms with E-state index in [1.807, 2.05) is 0 Å². The van der Waals surface area contributed by atoms with E-state index in [1.165, 1.54) is 31.5 Å². The van der Waals surface area contributed by atoms with Crippen LogP contribution in [0.1, 0.15) is 11.3 Å². The van der Waals surface area contributed by atoms with Crippen LogP contribution in [0.15, 0.2) is 64.1 Å². The molecule has 3 rings (SSSR count). The van der Waals surface area contributed by atoms with Gasteiger partial charge in [0, 0.05) is 12.1 Å². The summed E-state index contributed by atoms with van der Waals surface area (Å²) in [5.41, 5.74) is 3.61. The number of benzene rings is 2. The van der Waals surface area contributed by atoms with Crippen LogP contribution < -0.4 is 14.9 Å². The second-order valence-corrected chi connectivity index (χ2v) is 6.16. The molecule has 9 heteroatoms. The lowest BCUT2D eigenvalue weighted by atomic mass is 10.1. The zero-order valence-corrected chi connectivity index (χ0v) is 16.3. The maximum atomic E-state index is 12.0. The topological polar surface area (TPSA) is 116 Å². The maximum Gasteiger partial charge on any atom is 0.270 e. The molecule has 0 saturated heterocycles. The Labute approximate surface area is 172 Å². The Morgan fingerprint density at radius 3 is 2.57 bits per heavy atom. The van der Waals surface area contributed by atoms with E-state index < -0.39 is 4.92 Å². The lowest BCUT2D eigenvalue weighted by molar-refractivity contribution is -0.384. The Kier molecular flexibility index (Phi) is 6.43. The molecule has 154 valence electrons. The van der Waals surface area contributed by atoms with Gasteiger partial charge in [0.05, 0.1) is 37.3 Å². The van der Waals surface area contributed by atoms with Gasteiger partial charge in [-0.05, 0) is 35.9 Å². The van der Waals surface area contributed by atoms with Crippen molar-refractivity contribution in [1.29, 1.82) is 0 Å². The minimum Gasteiger partial charge on any atom is -0.497 e. The number of furan rings is 1. The molecule has 30 heavy (non-hydrogen) atoms. The van der Waals surface area contributed by atoms with Gasteiger partial charge in [0.15, 0.2) is 0 Å². The van der Waals surface area contributed by atoms with Crippen LogP contribution in [0.3, 0.4) is 0 Å². The normalized spacial score (nSPS) is 10.7. The number of hydrazone groups is 1. The highest BCUT2D eigenvalue weighted by Crippen LogP contribution is 2.34. The number of methoxy groups -OCH3 is 2. The number of amides is 1. The van der Waals surface area contributed by atoms with E-state index in [1.54, 1.807) is 43.5 Å². The standard InChI is InChI=1S/C21H19N3O6/c1-28-16-6-3-14(4-7-16)11-21(25)23-22-13-17-8-10-20(30-17)18-12-15(24(26)27)5-9-19(18)29-2/h3-10,12-13H,11H2,1-2H3,(H,23,25)/b22-13-. The first kappa shape index (κ1) is 20.6. The zero-order valence-electron chi connectivity index (χ0n) is 16.3. The molecule has 1 aromatic heterocycles. The summed E-state index contributed by atoms with van der Waals surface area (Å²) in [6.07, 6.45) is 1.51. The summed E-state index contributed by atoms with van der Waals surface area (Å²) in [6, 6.07) is 14.6. The van der Waals surface area contributed by atoms with Crippen LogP contribution in [0.2, 0.25) is 0 Å². The molecule has 0 spiro atoms. The number of hydrogen-bond donors (Lipinski definition) is 1. The van der Waals surface area contributed by atoms with Gasteiger partial charge in [0.25, 0.3) is 5.69 Å². The molecule has 0 aliphatic rings. The molecular formula is C21H19N3O6. The highest BCUT2D eigenvalue weighted by atomic mass is 16.6. The Morgan fingerprint density at radius 1 is 1.13 bits per heavy atom. The number of rotatable bonds is 8. The van der Waals surface area contributed by atoms with Gasteiger partial charge in [0.1, 0.15) is 23.0 Å². The minimum absolute atomic E-state index is 0.0804. The molecule has 2 aromatic carbocycles. The maximum absolute atomic E-state index is 12.0. The molecule has 1 heterocycles. The molecule has 0 atom stereocenters. The Hall–Kier alpha value is -4.14. The van der Waals surface area contributed by atoms with Gasteiger partial charge in [-0.1, -0.05) is 12.1 Å². The molecular weight excluding hydrogens is 390 g/mol. The molecule has 3 aromatic rings. The third kappa shape index (κ3) is 5.02. The monoisotopic (exact) mass is 409 g/mol. The van der Waals surface area contributed by atoms with Crippen molar-refractivity contribution in [2.24, 2.45) is 5.10 Å². The third-order valence-corrected chi connectivity index (χ3v) is 4.19. The van der Waals surface area contributed by atoms with Crippen LogP contribution in [-0.4, -0.2) is 31.3 Å². The highest BCUT2D eigenvalue weighted by molar-refractivity contribution is 5.82. The third-order valence-electron chi connectivity index (χ3n) is 4.19. The number of carbonyl (C=O) groups is 1. The van der Waals surface area contributed by atoms with Gasteiger partial charge in [-0.3, -0.25) is 14.9 Å². The fourth-order valence-electron chi connectivity index (χ4n) is 2.71. The summed E-state index contributed by atoms with van der Waals surface area (Å²) in [5.74, 6) is 1.60. The van der Waals surface area contributed by atoms with Crippen LogP contribution in [0.5, 0.6) is 11.5 Å². The van der Waals surface area contributed by atoms with Crippen LogP contribution in [0.4, 0.5) is 5.69 Å². The molecule has 0 aliphatic heterocycles. The highest BCUT2D eigenvalue weighted by Gasteiger charge is 2.15. The number of non-ortho nitro benzene ring substituents is 1. The van der Waals surface area contributed by atoms with Gasteiger partial charge in [-0.25, -0.2) is 5.43 Å². The average molecular weight is 409 g/mol. The van der Waals surface area contributed by atoms with E-state index in [2.05, 4.69) is 10.5 Å². The van der Waals surface area contributed by atoms with Crippen molar-refractivity contribution in [2.75, 3.05) is 14.2 Å². The summed E-state index contributed by atoms with van der Waals surface area (Å²) < 4.78 is 16.0. The van der Waals surface area contributed by atoms with Crippen molar-refractivity contribution in [1.82, 2.24) is 5.43 Å². The summed E-state index contributed by atoms with van der Waals surface area (Å²) in [7, 11) is 3.04. The quantitative estimate of drug-likeness (QED) is 0.345. The molecule has 9 nitrogen and oxygen atoms in total. The molecule has 0 saturated carbocycles. The fourth-order valence-corrected chi connectivity index (χ4v) is 2.71. The predicted octanol–water partition coefficient (Wildman–Crippen LogP) is 3.56. The average Bonchev–Trinajstić information content (AvgIpc) is 3.22. The van der Waals surface area contributed by atoms with Crippen molar-refractivity contribution in [2.45, 2.75) is 6.42 Å². The lowest BCUT2D eigenvalue weighted by Gasteiger charge is -2.05. The van der Waals surface area contributed by atoms with Crippen molar-refractivity contribution >= 4 is 17.8 Å². The molecule has 1 amide bonds. The Bertz CT molecular complexity index is 1070. The van der Waals surface area contributed by atoms with E-state index in [0.29, 0.717) is 28.6 Å². The predicted molar refractivity (Wildman–Crippen MR) is 110 cm³/mol. The number of nitro benzene ring substituents is 1. The molecule has 0 radical (unpaired) electrons. The summed E-state index contributed by atoms with van der Waals surface area (Å²) in [5, 5.41) is 14.9. The second kappa shape index (κ2) is 9.37. The van der Waals surface area contributed by atoms with Crippen molar-refractivity contribution in [3.63, 3.8) is 0 Å². The Balaban J connectivity index is 1.65. The summed E-state index contributed by atoms with van der Waals surface area (Å²) >= 11 is 0. The van der Waals surface area contributed by atoms with Crippen molar-refractivity contribution in [3.05, 3.63) is 76.0 Å². The molecule has 0 aliphatic carbocycles. The van der Waals surface area contributed by atoms with Crippen LogP contribution in [0, 0.1) is 10.1 Å². The fraction of sp³-hybridized carbons (Fsp3) is 0.143. The van der Waals surface area contributed by atoms with Gasteiger partial charge in [-0.15, -0.1) is 0 Å². The van der Waals surface area contributed by atoms with E-state index in [0.717, 1.165) is 5.56 Å². The van der Waals surface area contributed by atoms with Crippen molar-refractivity contribution in [3.8, 4) is 22.8 Å². The van der Waals surface area contributed by atoms with Crippen molar-refractivity contribution < 1.29 is 23.6 Å². The second-order valence-electron chi connectivity index (χ2n) is 6.16. The summed E-state index contributed by atoms with van der Waals surface area (Å²) in [6.45, 7) is 0. The van der Waals surface area contributed by atoms with Crippen LogP contribution in [-0.2, 0) is 11.2 Å². The van der Waals surface area contributed by atoms with Gasteiger partial charge in [0.2, 0.25) is 5.91 Å². The lowest BCUT2D eigenvalue weighted by Crippen LogP contribution is -2.19. The number of ether oxygens (including phenoxy) is 2. The van der Waals surface area contributed by atoms with Gasteiger partial charge in [-0.2, -0.15) is 5.10 Å². The van der Waals surface area contributed by atoms with Gasteiger partial charge >= 0.3 is 0 Å². The Morgan fingerprint density at radius 2 is 1.90 bits per heavy atom. The number of hydrogen-bond acceptors (Lipinski definition) is 7. The first-order valence-electron chi connectivity index (χ1n) is 8.87. The SMILES string of the molecule is COc1ccc(CC(=O)N/N=C\c2ccc(-c3cc([N+](=O)[O-])ccc3OC)o2)cc1. The first-order valence-corrected chi connectivity index (χ1v) is 8.87. The van der Waals surface area contributed by atoms with Crippen LogP contribution >= 0.6 is 0 Å². The smallest absolute Gasteiger partial charge is 0.270 e. The van der Waals surface area contributed by atoms with E-state index in [4.69, 9.17) is 13.9 Å². The molecule has 1 N–H and O–H groups in total. The summed E-state index contributed by atoms with van der Waals surface area (Å²) in [4.78, 5) is 22.5. The number of carbonyl (C=O) groups excluding carboxylic acids is 1. The minimum atomic E-state index is -0.493. The molecule has 0 bridgehead atoms. The first-order chi connectivity index (χ1) is 14.5. The van der Waals surface area contributed by atoms with E-state index in [9.17, 15) is 14.9 Å². The number of nitro groups is 1. The molecule has 0 unspecified atom stereocenters. The van der Waals surface area contributed by atoms with E-state index in [-0.39, 0.29) is 18.0 Å². The van der Waals surface area contributed by atoms with Crippen LogP contribution in [0.25, 0.3) is 11.3 Å². The van der Waals surface area contributed by atoms with E-state index >= 15 is 0 Å².